The molecule has 0 spiro atoms. The summed E-state index contributed by atoms with van der Waals surface area (Å²) in [6.45, 7) is 0. The van der Waals surface area contributed by atoms with Gasteiger partial charge in [0.2, 0.25) is 0 Å². The van der Waals surface area contributed by atoms with Crippen LogP contribution in [0.4, 0.5) is 18.9 Å². The van der Waals surface area contributed by atoms with Gasteiger partial charge in [0, 0.05) is 0 Å². The number of anilines is 1. The van der Waals surface area contributed by atoms with E-state index in [2.05, 4.69) is 0 Å². The average Bonchev–Trinajstić information content (AvgIpc) is 3.08. The summed E-state index contributed by atoms with van der Waals surface area (Å²) in [6, 6.07) is 29.1. The number of nitriles is 1. The maximum Gasteiger partial charge on any atom is 0.416 e. The Morgan fingerprint density at radius 1 is 0.826 bits per heavy atom. The van der Waals surface area contributed by atoms with Gasteiger partial charge >= 0.3 is 18.1 Å². The smallest absolute Gasteiger partial charge is 0.416 e. The molecule has 4 aromatic carbocycles. The third-order valence-electron chi connectivity index (χ3n) is 7.33. The predicted octanol–water partition coefficient (Wildman–Crippen LogP) is 7.06. The summed E-state index contributed by atoms with van der Waals surface area (Å²) in [6.07, 6.45) is -4.82. The predicted molar refractivity (Wildman–Crippen MR) is 163 cm³/mol. The molecular formula is C35H26F3N3O5. The van der Waals surface area contributed by atoms with Gasteiger partial charge in [-0.25, -0.2) is 9.59 Å². The average molecular weight is 626 g/mol. The molecule has 0 saturated heterocycles. The van der Waals surface area contributed by atoms with Gasteiger partial charge in [0.25, 0.3) is 0 Å². The first-order valence-electron chi connectivity index (χ1n) is 13.8. The molecule has 8 nitrogen and oxygen atoms in total. The van der Waals surface area contributed by atoms with Gasteiger partial charge in [0.15, 0.2) is 5.75 Å². The molecule has 1 aliphatic rings. The molecule has 4 aromatic rings. The number of rotatable bonds is 7. The van der Waals surface area contributed by atoms with E-state index >= 15 is 0 Å². The molecule has 0 amide bonds. The highest BCUT2D eigenvalue weighted by atomic mass is 19.4. The highest BCUT2D eigenvalue weighted by Gasteiger charge is 2.44. The summed E-state index contributed by atoms with van der Waals surface area (Å²) in [7, 11) is 2.11. The van der Waals surface area contributed by atoms with Crippen molar-refractivity contribution in [2.24, 2.45) is 5.73 Å². The molecule has 0 aliphatic carbocycles. The van der Waals surface area contributed by atoms with Crippen molar-refractivity contribution in [2.75, 3.05) is 19.1 Å². The Morgan fingerprint density at radius 2 is 1.41 bits per heavy atom. The number of carbonyl (C=O) groups is 2. The molecular weight excluding hydrogens is 599 g/mol. The second-order valence-electron chi connectivity index (χ2n) is 10.0. The molecule has 1 unspecified atom stereocenters. The number of esters is 2. The molecule has 2 N–H and O–H groups in total. The summed E-state index contributed by atoms with van der Waals surface area (Å²) in [5, 5.41) is 10.3. The summed E-state index contributed by atoms with van der Waals surface area (Å²) in [5.41, 5.74) is 6.16. The van der Waals surface area contributed by atoms with E-state index in [4.69, 9.17) is 19.9 Å². The fourth-order valence-corrected chi connectivity index (χ4v) is 5.19. The molecule has 0 radical (unpaired) electrons. The Kier molecular flexibility index (Phi) is 8.82. The van der Waals surface area contributed by atoms with E-state index in [1.165, 1.54) is 0 Å². The SMILES string of the molecule is COC(=O)C1=C(C(=O)OC)N(c2cc(C(F)(F)F)ccc2Oc2ccc(-c3ccccc3)cc2)C(N)=C(C#N)C1c1ccccc1. The van der Waals surface area contributed by atoms with Crippen LogP contribution in [-0.4, -0.2) is 26.2 Å². The Hall–Kier alpha value is -6.02. The van der Waals surface area contributed by atoms with Crippen LogP contribution >= 0.6 is 0 Å². The van der Waals surface area contributed by atoms with Crippen LogP contribution in [0, 0.1) is 11.3 Å². The summed E-state index contributed by atoms with van der Waals surface area (Å²) in [5.74, 6) is -3.66. The van der Waals surface area contributed by atoms with Gasteiger partial charge < -0.3 is 19.9 Å². The highest BCUT2D eigenvalue weighted by molar-refractivity contribution is 6.06. The van der Waals surface area contributed by atoms with Crippen molar-refractivity contribution >= 4 is 17.6 Å². The van der Waals surface area contributed by atoms with E-state index in [-0.39, 0.29) is 28.3 Å². The number of hydrogen-bond acceptors (Lipinski definition) is 8. The first-order chi connectivity index (χ1) is 22.1. The zero-order valence-corrected chi connectivity index (χ0v) is 24.5. The molecule has 0 bridgehead atoms. The zero-order chi connectivity index (χ0) is 33.0. The largest absolute Gasteiger partial charge is 0.466 e. The second kappa shape index (κ2) is 12.9. The number of ether oxygens (including phenoxy) is 3. The fourth-order valence-electron chi connectivity index (χ4n) is 5.19. The fraction of sp³-hybridized carbons (Fsp3) is 0.114. The first kappa shape index (κ1) is 31.4. The minimum absolute atomic E-state index is 0.163. The molecule has 46 heavy (non-hydrogen) atoms. The summed E-state index contributed by atoms with van der Waals surface area (Å²) >= 11 is 0. The zero-order valence-electron chi connectivity index (χ0n) is 24.5. The monoisotopic (exact) mass is 625 g/mol. The topological polar surface area (TPSA) is 115 Å². The molecule has 0 saturated carbocycles. The van der Waals surface area contributed by atoms with E-state index in [0.717, 1.165) is 48.4 Å². The van der Waals surface area contributed by atoms with Crippen molar-refractivity contribution in [1.82, 2.24) is 0 Å². The molecule has 0 fully saturated rings. The molecule has 232 valence electrons. The van der Waals surface area contributed by atoms with Crippen LogP contribution in [-0.2, 0) is 25.2 Å². The standard InChI is InChI=1S/C35H26F3N3O5/c1-44-33(42)30-29(23-11-7-4-8-12-23)26(20-39)32(40)41(31(30)34(43)45-2)27-19-24(35(36,37)38)15-18-28(27)46-25-16-13-22(14-17-25)21-9-5-3-6-10-21/h3-19,29H,40H2,1-2H3. The van der Waals surface area contributed by atoms with Crippen molar-refractivity contribution < 1.29 is 37.0 Å². The normalized spacial score (nSPS) is 14.9. The van der Waals surface area contributed by atoms with Crippen LogP contribution in [0.3, 0.4) is 0 Å². The molecule has 11 heteroatoms. The van der Waals surface area contributed by atoms with Gasteiger partial charge in [-0.05, 0) is 47.0 Å². The van der Waals surface area contributed by atoms with Crippen molar-refractivity contribution in [3.63, 3.8) is 0 Å². The van der Waals surface area contributed by atoms with E-state index in [1.54, 1.807) is 54.6 Å². The van der Waals surface area contributed by atoms with Gasteiger partial charge in [-0.15, -0.1) is 0 Å². The van der Waals surface area contributed by atoms with Crippen LogP contribution in [0.5, 0.6) is 11.5 Å². The van der Waals surface area contributed by atoms with Crippen molar-refractivity contribution in [3.05, 3.63) is 137 Å². The molecule has 5 rings (SSSR count). The Morgan fingerprint density at radius 3 is 1.98 bits per heavy atom. The maximum atomic E-state index is 14.1. The van der Waals surface area contributed by atoms with Gasteiger partial charge in [-0.3, -0.25) is 4.90 Å². The Balaban J connectivity index is 1.74. The van der Waals surface area contributed by atoms with Gasteiger partial charge in [-0.2, -0.15) is 18.4 Å². The third kappa shape index (κ3) is 6.01. The Labute approximate surface area is 262 Å². The molecule has 1 aliphatic heterocycles. The minimum atomic E-state index is -4.82. The highest BCUT2D eigenvalue weighted by Crippen LogP contribution is 2.47. The molecule has 0 aromatic heterocycles. The van der Waals surface area contributed by atoms with Crippen LogP contribution < -0.4 is 15.4 Å². The number of alkyl halides is 3. The maximum absolute atomic E-state index is 14.1. The summed E-state index contributed by atoms with van der Waals surface area (Å²) in [4.78, 5) is 27.7. The summed E-state index contributed by atoms with van der Waals surface area (Å²) < 4.78 is 58.3. The van der Waals surface area contributed by atoms with Crippen molar-refractivity contribution in [1.29, 1.82) is 5.26 Å². The lowest BCUT2D eigenvalue weighted by Gasteiger charge is -2.36. The second-order valence-corrected chi connectivity index (χ2v) is 10.0. The number of methoxy groups -OCH3 is 2. The number of allylic oxidation sites excluding steroid dienone is 1. The molecule has 1 atom stereocenters. The van der Waals surface area contributed by atoms with Gasteiger partial charge in [0.1, 0.15) is 17.3 Å². The number of nitrogens with zero attached hydrogens (tertiary/aromatic N) is 2. The van der Waals surface area contributed by atoms with Crippen LogP contribution in [0.15, 0.2) is 126 Å². The van der Waals surface area contributed by atoms with Crippen molar-refractivity contribution in [3.8, 4) is 28.7 Å². The molecule has 1 heterocycles. The van der Waals surface area contributed by atoms with E-state index in [0.29, 0.717) is 5.56 Å². The number of carbonyl (C=O) groups excluding carboxylic acids is 2. The van der Waals surface area contributed by atoms with E-state index in [9.17, 15) is 28.0 Å². The van der Waals surface area contributed by atoms with Gasteiger partial charge in [-0.1, -0.05) is 72.8 Å². The lowest BCUT2D eigenvalue weighted by atomic mass is 9.81. The number of nitrogens with two attached hydrogens (primary N) is 1. The van der Waals surface area contributed by atoms with E-state index < -0.39 is 41.1 Å². The minimum Gasteiger partial charge on any atom is -0.466 e. The van der Waals surface area contributed by atoms with Gasteiger partial charge in [0.05, 0.1) is 48.6 Å². The Bertz CT molecular complexity index is 1880. The van der Waals surface area contributed by atoms with Crippen LogP contribution in [0.25, 0.3) is 11.1 Å². The lowest BCUT2D eigenvalue weighted by molar-refractivity contribution is -0.139. The van der Waals surface area contributed by atoms with Crippen LogP contribution in [0.1, 0.15) is 17.0 Å². The van der Waals surface area contributed by atoms with Crippen molar-refractivity contribution in [2.45, 2.75) is 12.1 Å². The van der Waals surface area contributed by atoms with Crippen LogP contribution in [0.2, 0.25) is 0 Å². The van der Waals surface area contributed by atoms with E-state index in [1.807, 2.05) is 36.4 Å². The number of benzene rings is 4. The quantitative estimate of drug-likeness (QED) is 0.217. The number of halogens is 3. The first-order valence-corrected chi connectivity index (χ1v) is 13.8. The lowest BCUT2D eigenvalue weighted by Crippen LogP contribution is -2.41. The number of hydrogen-bond donors (Lipinski definition) is 1. The third-order valence-corrected chi connectivity index (χ3v) is 7.33.